The minimum absolute atomic E-state index is 0.0547. The number of alkyl halides is 1. The van der Waals surface area contributed by atoms with Crippen LogP contribution < -0.4 is 0 Å². The Balaban J connectivity index is 2.09. The Bertz CT molecular complexity index is 573. The minimum Gasteiger partial charge on any atom is -0.212 e. The zero-order valence-corrected chi connectivity index (χ0v) is 14.3. The molecule has 1 saturated carbocycles. The molecule has 1 aliphatic carbocycles. The van der Waals surface area contributed by atoms with Crippen LogP contribution in [0.25, 0.3) is 0 Å². The topological polar surface area (TPSA) is 37.4 Å². The zero-order chi connectivity index (χ0) is 15.5. The standard InChI is InChI=1S/C16H24ClNO2S/c1-13-5-3-8-16(9-13)18(2)21(19,20)12-15-7-4-6-14(10-15)11-17/h4,6-7,10,13,16H,3,5,8-9,11-12H2,1-2H3. The van der Waals surface area contributed by atoms with E-state index in [1.54, 1.807) is 11.4 Å². The molecule has 0 heterocycles. The quantitative estimate of drug-likeness (QED) is 0.771. The van der Waals surface area contributed by atoms with Crippen LogP contribution in [0.2, 0.25) is 0 Å². The smallest absolute Gasteiger partial charge is 0.212 e. The summed E-state index contributed by atoms with van der Waals surface area (Å²) in [7, 11) is -1.55. The Morgan fingerprint density at radius 2 is 2.00 bits per heavy atom. The maximum Gasteiger partial charge on any atom is 0.218 e. The maximum absolute atomic E-state index is 12.6. The SMILES string of the molecule is CC1CCCC(N(C)S(=O)(=O)Cc2cccc(CCl)c2)C1. The van der Waals surface area contributed by atoms with E-state index in [1.807, 2.05) is 24.3 Å². The third-order valence-corrected chi connectivity index (χ3v) is 6.54. The molecule has 0 aliphatic heterocycles. The second kappa shape index (κ2) is 7.12. The van der Waals surface area contributed by atoms with Gasteiger partial charge in [-0.15, -0.1) is 11.6 Å². The normalized spacial score (nSPS) is 23.4. The van der Waals surface area contributed by atoms with Crippen LogP contribution in [0.1, 0.15) is 43.7 Å². The van der Waals surface area contributed by atoms with E-state index in [1.165, 1.54) is 6.42 Å². The Morgan fingerprint density at radius 3 is 2.67 bits per heavy atom. The second-order valence-corrected chi connectivity index (χ2v) is 8.45. The number of hydrogen-bond donors (Lipinski definition) is 0. The lowest BCUT2D eigenvalue weighted by Gasteiger charge is -2.33. The van der Waals surface area contributed by atoms with Gasteiger partial charge in [-0.3, -0.25) is 0 Å². The molecule has 0 amide bonds. The summed E-state index contributed by atoms with van der Waals surface area (Å²) >= 11 is 5.81. The third kappa shape index (κ3) is 4.44. The molecule has 5 heteroatoms. The van der Waals surface area contributed by atoms with Gasteiger partial charge in [-0.1, -0.05) is 44.0 Å². The van der Waals surface area contributed by atoms with E-state index < -0.39 is 10.0 Å². The van der Waals surface area contributed by atoms with E-state index in [2.05, 4.69) is 6.92 Å². The molecule has 0 saturated heterocycles. The van der Waals surface area contributed by atoms with Crippen molar-refractivity contribution in [2.75, 3.05) is 7.05 Å². The predicted octanol–water partition coefficient (Wildman–Crippen LogP) is 3.77. The summed E-state index contributed by atoms with van der Waals surface area (Å²) in [6.45, 7) is 2.20. The lowest BCUT2D eigenvalue weighted by Crippen LogP contribution is -2.40. The monoisotopic (exact) mass is 329 g/mol. The molecule has 21 heavy (non-hydrogen) atoms. The Hall–Kier alpha value is -0.580. The van der Waals surface area contributed by atoms with Gasteiger partial charge in [0.25, 0.3) is 0 Å². The first-order valence-corrected chi connectivity index (χ1v) is 9.66. The number of hydrogen-bond acceptors (Lipinski definition) is 2. The van der Waals surface area contributed by atoms with Gasteiger partial charge in [0.1, 0.15) is 0 Å². The predicted molar refractivity (Wildman–Crippen MR) is 87.8 cm³/mol. The summed E-state index contributed by atoms with van der Waals surface area (Å²) in [5.74, 6) is 1.07. The highest BCUT2D eigenvalue weighted by Gasteiger charge is 2.29. The van der Waals surface area contributed by atoms with E-state index in [0.29, 0.717) is 11.8 Å². The van der Waals surface area contributed by atoms with Crippen molar-refractivity contribution in [3.05, 3.63) is 35.4 Å². The zero-order valence-electron chi connectivity index (χ0n) is 12.8. The first kappa shape index (κ1) is 16.8. The van der Waals surface area contributed by atoms with Crippen molar-refractivity contribution in [2.45, 2.75) is 50.3 Å². The van der Waals surface area contributed by atoms with Gasteiger partial charge in [0.05, 0.1) is 5.75 Å². The molecule has 0 bridgehead atoms. The molecule has 1 fully saturated rings. The fraction of sp³-hybridized carbons (Fsp3) is 0.625. The summed E-state index contributed by atoms with van der Waals surface area (Å²) in [4.78, 5) is 0. The number of rotatable bonds is 5. The van der Waals surface area contributed by atoms with Crippen LogP contribution in [0.15, 0.2) is 24.3 Å². The molecular weight excluding hydrogens is 306 g/mol. The van der Waals surface area contributed by atoms with Crippen LogP contribution in [-0.2, 0) is 21.7 Å². The van der Waals surface area contributed by atoms with Gasteiger partial charge in [-0.2, -0.15) is 0 Å². The van der Waals surface area contributed by atoms with Crippen molar-refractivity contribution < 1.29 is 8.42 Å². The number of nitrogens with zero attached hydrogens (tertiary/aromatic N) is 1. The molecule has 0 N–H and O–H groups in total. The fourth-order valence-corrected chi connectivity index (χ4v) is 4.69. The van der Waals surface area contributed by atoms with Crippen LogP contribution in [0, 0.1) is 5.92 Å². The first-order chi connectivity index (χ1) is 9.92. The molecule has 1 aromatic carbocycles. The van der Waals surface area contributed by atoms with Crippen molar-refractivity contribution in [1.82, 2.24) is 4.31 Å². The van der Waals surface area contributed by atoms with Crippen molar-refractivity contribution in [3.63, 3.8) is 0 Å². The number of benzene rings is 1. The maximum atomic E-state index is 12.6. The van der Waals surface area contributed by atoms with Crippen LogP contribution in [0.4, 0.5) is 0 Å². The van der Waals surface area contributed by atoms with Crippen molar-refractivity contribution in [2.24, 2.45) is 5.92 Å². The van der Waals surface area contributed by atoms with Crippen LogP contribution in [0.5, 0.6) is 0 Å². The summed E-state index contributed by atoms with van der Waals surface area (Å²) in [5.41, 5.74) is 1.77. The molecule has 1 aliphatic rings. The van der Waals surface area contributed by atoms with Gasteiger partial charge in [-0.25, -0.2) is 12.7 Å². The van der Waals surface area contributed by atoms with Gasteiger partial charge in [0.2, 0.25) is 10.0 Å². The van der Waals surface area contributed by atoms with Gasteiger partial charge in [0.15, 0.2) is 0 Å². The summed E-state index contributed by atoms with van der Waals surface area (Å²) < 4.78 is 26.8. The molecule has 2 unspecified atom stereocenters. The molecule has 0 aromatic heterocycles. The highest BCUT2D eigenvalue weighted by atomic mass is 35.5. The van der Waals surface area contributed by atoms with Crippen molar-refractivity contribution in [1.29, 1.82) is 0 Å². The van der Waals surface area contributed by atoms with Gasteiger partial charge < -0.3 is 0 Å². The fourth-order valence-electron chi connectivity index (χ4n) is 3.07. The molecule has 0 radical (unpaired) electrons. The van der Waals surface area contributed by atoms with Gasteiger partial charge >= 0.3 is 0 Å². The van der Waals surface area contributed by atoms with E-state index >= 15 is 0 Å². The van der Waals surface area contributed by atoms with Crippen LogP contribution >= 0.6 is 11.6 Å². The summed E-state index contributed by atoms with van der Waals surface area (Å²) in [5, 5.41) is 0. The Kier molecular flexibility index (Phi) is 5.69. The Morgan fingerprint density at radius 1 is 1.29 bits per heavy atom. The van der Waals surface area contributed by atoms with E-state index in [-0.39, 0.29) is 11.8 Å². The summed E-state index contributed by atoms with van der Waals surface area (Å²) in [6, 6.07) is 7.66. The molecular formula is C16H24ClNO2S. The number of sulfonamides is 1. The van der Waals surface area contributed by atoms with Crippen LogP contribution in [0.3, 0.4) is 0 Å². The third-order valence-electron chi connectivity index (χ3n) is 4.36. The van der Waals surface area contributed by atoms with E-state index in [4.69, 9.17) is 11.6 Å². The molecule has 2 rings (SSSR count). The number of halogens is 1. The summed E-state index contributed by atoms with van der Waals surface area (Å²) in [6.07, 6.45) is 4.27. The highest BCUT2D eigenvalue weighted by molar-refractivity contribution is 7.88. The second-order valence-electron chi connectivity index (χ2n) is 6.15. The van der Waals surface area contributed by atoms with E-state index in [9.17, 15) is 8.42 Å². The largest absolute Gasteiger partial charge is 0.218 e. The highest BCUT2D eigenvalue weighted by Crippen LogP contribution is 2.28. The Labute approximate surface area is 133 Å². The van der Waals surface area contributed by atoms with E-state index in [0.717, 1.165) is 30.4 Å². The van der Waals surface area contributed by atoms with Crippen molar-refractivity contribution >= 4 is 21.6 Å². The van der Waals surface area contributed by atoms with Crippen LogP contribution in [-0.4, -0.2) is 25.8 Å². The minimum atomic E-state index is -3.27. The molecule has 0 spiro atoms. The van der Waals surface area contributed by atoms with Crippen molar-refractivity contribution in [3.8, 4) is 0 Å². The first-order valence-electron chi connectivity index (χ1n) is 7.52. The average Bonchev–Trinajstić information content (AvgIpc) is 2.46. The molecule has 2 atom stereocenters. The average molecular weight is 330 g/mol. The van der Waals surface area contributed by atoms with Gasteiger partial charge in [-0.05, 0) is 29.9 Å². The molecule has 1 aromatic rings. The lowest BCUT2D eigenvalue weighted by atomic mass is 9.87. The lowest BCUT2D eigenvalue weighted by molar-refractivity contribution is 0.239. The molecule has 118 valence electrons. The molecule has 3 nitrogen and oxygen atoms in total. The van der Waals surface area contributed by atoms with Gasteiger partial charge in [0, 0.05) is 19.0 Å².